The first-order valence-corrected chi connectivity index (χ1v) is 0. The Balaban J connectivity index is 0. The molecule has 0 aliphatic heterocycles. The molecule has 25 heteroatoms. The van der Waals surface area contributed by atoms with Crippen molar-refractivity contribution in [1.82, 2.24) is 86.1 Å². The Labute approximate surface area is 228 Å². The van der Waals surface area contributed by atoms with Gasteiger partial charge in [0.2, 0.25) is 0 Å². The molecule has 0 rings (SSSR count). The van der Waals surface area contributed by atoms with Crippen molar-refractivity contribution in [1.29, 1.82) is 0 Å². The van der Waals surface area contributed by atoms with Crippen LogP contribution in [0.1, 0.15) is 0 Å². The number of halogens is 6. The van der Waals surface area contributed by atoms with Gasteiger partial charge in [0, 0.05) is 58.4 Å². The second kappa shape index (κ2) is 2060. The SMILES string of the molecule is N.N.N.N.N.N.N.N.N.N.N.N.N.N.[Cl-].[Cl-].[Cl-].[Cl-].[Cl-].[Cl-].[O-2].[O-2].[Ru].[Ru].[Ru]. The molecular weight excluding hydrogens is 744 g/mol. The van der Waals surface area contributed by atoms with Crippen molar-refractivity contribution in [2.75, 3.05) is 0 Å². The van der Waals surface area contributed by atoms with Crippen LogP contribution in [0, 0.1) is 0 Å². The van der Waals surface area contributed by atoms with Gasteiger partial charge in [0.1, 0.15) is 0 Å². The van der Waals surface area contributed by atoms with E-state index in [1.54, 1.807) is 0 Å². The molecule has 0 aliphatic carbocycles. The molecule has 0 heterocycles. The van der Waals surface area contributed by atoms with Crippen LogP contribution in [0.3, 0.4) is 0 Å². The first kappa shape index (κ1) is 2310. The number of hydrogen-bond donors (Lipinski definition) is 14. The largest absolute Gasteiger partial charge is 2.00 e. The molecule has 0 fully saturated rings. The van der Waals surface area contributed by atoms with Crippen LogP contribution in [-0.4, -0.2) is 0 Å². The fourth-order valence-electron chi connectivity index (χ4n) is 0. The average Bonchev–Trinajstić information content (AvgIpc) is 0. The zero-order valence-corrected chi connectivity index (χ0v) is 23.8. The van der Waals surface area contributed by atoms with Crippen LogP contribution in [0.4, 0.5) is 0 Å². The van der Waals surface area contributed by atoms with Gasteiger partial charge in [0.25, 0.3) is 0 Å². The molecule has 0 aromatic rings. The third-order valence-corrected chi connectivity index (χ3v) is 0. The molecule has 0 radical (unpaired) electrons. The maximum atomic E-state index is 0. The molecule has 0 atom stereocenters. The van der Waals surface area contributed by atoms with E-state index in [1.807, 2.05) is 0 Å². The van der Waals surface area contributed by atoms with Gasteiger partial charge in [0.15, 0.2) is 0 Å². The molecule has 0 unspecified atom stereocenters. The molecule has 0 saturated heterocycles. The summed E-state index contributed by atoms with van der Waals surface area (Å²) in [7, 11) is 0. The summed E-state index contributed by atoms with van der Waals surface area (Å²) in [5.74, 6) is 0. The topological polar surface area (TPSA) is 547 Å². The second-order valence-corrected chi connectivity index (χ2v) is 0. The van der Waals surface area contributed by atoms with Crippen LogP contribution < -0.4 is 161 Å². The monoisotopic (exact) mass is 786 g/mol. The smallest absolute Gasteiger partial charge is 0 e. The predicted molar refractivity (Wildman–Crippen MR) is 71.7 cm³/mol. The number of rotatable bonds is 0. The molecule has 42 N–H and O–H groups in total. The van der Waals surface area contributed by atoms with Gasteiger partial charge in [-0.1, -0.05) is 0 Å². The van der Waals surface area contributed by atoms with E-state index in [1.165, 1.54) is 0 Å². The average molecular weight is 786 g/mol. The molecule has 0 spiro atoms. The minimum absolute atomic E-state index is 0. The van der Waals surface area contributed by atoms with Crippen molar-refractivity contribution >= 4 is 0 Å². The molecule has 0 aromatic heterocycles. The minimum atomic E-state index is 0. The third-order valence-electron chi connectivity index (χ3n) is 0. The standard InChI is InChI=1S/6ClH.14H3N.2O.3Ru/h6*1H;14*1H3;;;;;/q;;;;;;;;;;;;;;;;;;;;2*-2;;;/p-6. The Morgan fingerprint density at radius 2 is 0.160 bits per heavy atom. The molecule has 200 valence electrons. The summed E-state index contributed by atoms with van der Waals surface area (Å²) >= 11 is 0. The van der Waals surface area contributed by atoms with Gasteiger partial charge in [-0.3, -0.25) is 0 Å². The van der Waals surface area contributed by atoms with Crippen LogP contribution in [0.5, 0.6) is 0 Å². The van der Waals surface area contributed by atoms with Crippen LogP contribution >= 0.6 is 0 Å². The maximum absolute atomic E-state index is 0. The molecule has 16 nitrogen and oxygen atoms in total. The zero-order chi connectivity index (χ0) is 0. The van der Waals surface area contributed by atoms with Gasteiger partial charge in [-0.15, -0.1) is 0 Å². The summed E-state index contributed by atoms with van der Waals surface area (Å²) in [6, 6.07) is 0. The van der Waals surface area contributed by atoms with Gasteiger partial charge in [-0.05, 0) is 0 Å². The van der Waals surface area contributed by atoms with Gasteiger partial charge in [0.05, 0.1) is 0 Å². The summed E-state index contributed by atoms with van der Waals surface area (Å²) < 4.78 is 0. The van der Waals surface area contributed by atoms with Crippen molar-refractivity contribution in [3.05, 3.63) is 0 Å². The Hall–Kier alpha value is 2.97. The quantitative estimate of drug-likeness (QED) is 0.101. The van der Waals surface area contributed by atoms with E-state index in [0.717, 1.165) is 0 Å². The summed E-state index contributed by atoms with van der Waals surface area (Å²) in [4.78, 5) is 0. The van der Waals surface area contributed by atoms with Crippen LogP contribution in [0.2, 0.25) is 0 Å². The first-order chi connectivity index (χ1) is 0. The van der Waals surface area contributed by atoms with E-state index >= 15 is 0 Å². The van der Waals surface area contributed by atoms with Crippen molar-refractivity contribution < 1.29 is 144 Å². The van der Waals surface area contributed by atoms with Gasteiger partial charge >= 0.3 is 0 Å². The van der Waals surface area contributed by atoms with Crippen molar-refractivity contribution in [3.8, 4) is 0 Å². The summed E-state index contributed by atoms with van der Waals surface area (Å²) in [6.07, 6.45) is 0. The first-order valence-electron chi connectivity index (χ1n) is 0. The minimum Gasteiger partial charge on any atom is -2.00 e. The Bertz CT molecular complexity index is 40.5. The third kappa shape index (κ3) is 1910. The van der Waals surface area contributed by atoms with Crippen LogP contribution in [-0.2, 0) is 69.4 Å². The summed E-state index contributed by atoms with van der Waals surface area (Å²) in [5.41, 5.74) is 0. The van der Waals surface area contributed by atoms with E-state index in [0.29, 0.717) is 0 Å². The second-order valence-electron chi connectivity index (χ2n) is 0. The van der Waals surface area contributed by atoms with E-state index in [4.69, 9.17) is 0 Å². The summed E-state index contributed by atoms with van der Waals surface area (Å²) in [5, 5.41) is 0. The Kier molecular flexibility index (Phi) is 190000. The van der Waals surface area contributed by atoms with Crippen LogP contribution in [0.25, 0.3) is 0 Å². The molecule has 0 aromatic carbocycles. The normalized spacial score (nSPS) is 0. The fraction of sp³-hybridized carbons (Fsp3) is 0. The van der Waals surface area contributed by atoms with E-state index < -0.39 is 0 Å². The van der Waals surface area contributed by atoms with Crippen molar-refractivity contribution in [2.45, 2.75) is 0 Å². The molecule has 25 heavy (non-hydrogen) atoms. The Morgan fingerprint density at radius 3 is 0.160 bits per heavy atom. The molecular formula is H42Cl6N14O2Ru3-10. The van der Waals surface area contributed by atoms with Gasteiger partial charge in [-0.2, -0.15) is 0 Å². The fourth-order valence-corrected chi connectivity index (χ4v) is 0. The van der Waals surface area contributed by atoms with Crippen molar-refractivity contribution in [2.24, 2.45) is 0 Å². The summed E-state index contributed by atoms with van der Waals surface area (Å²) in [6.45, 7) is 0. The predicted octanol–water partition coefficient (Wildman–Crippen LogP) is -16.0. The van der Waals surface area contributed by atoms with E-state index in [-0.39, 0.29) is 230 Å². The van der Waals surface area contributed by atoms with Gasteiger partial charge < -0.3 is 172 Å². The molecule has 0 saturated carbocycles. The molecule has 0 bridgehead atoms. The van der Waals surface area contributed by atoms with E-state index in [2.05, 4.69) is 0 Å². The number of hydrogen-bond acceptors (Lipinski definition) is 14. The molecule has 0 amide bonds. The van der Waals surface area contributed by atoms with Crippen molar-refractivity contribution in [3.63, 3.8) is 0 Å². The zero-order valence-electron chi connectivity index (χ0n) is 14.0. The van der Waals surface area contributed by atoms with Gasteiger partial charge in [-0.25, -0.2) is 0 Å². The Morgan fingerprint density at radius 1 is 0.160 bits per heavy atom. The van der Waals surface area contributed by atoms with Crippen LogP contribution in [0.15, 0.2) is 0 Å². The van der Waals surface area contributed by atoms with E-state index in [9.17, 15) is 0 Å². The maximum Gasteiger partial charge on any atom is 0 e. The molecule has 0 aliphatic rings.